The first-order chi connectivity index (χ1) is 17.2. The number of pyridine rings is 1. The lowest BCUT2D eigenvalue weighted by atomic mass is 10.1. The molecule has 1 atom stereocenters. The molecular formula is C27H27N7O. The molecular weight excluding hydrogens is 438 g/mol. The minimum Gasteiger partial charge on any atom is -0.374 e. The lowest BCUT2D eigenvalue weighted by Gasteiger charge is -2.28. The maximum Gasteiger partial charge on any atom is 0.261 e. The number of nitrogens with one attached hydrogen (secondary N) is 3. The van der Waals surface area contributed by atoms with Crippen molar-refractivity contribution in [3.8, 4) is 11.4 Å². The van der Waals surface area contributed by atoms with Gasteiger partial charge in [-0.1, -0.05) is 18.2 Å². The number of hydrogen-bond donors (Lipinski definition) is 3. The van der Waals surface area contributed by atoms with Gasteiger partial charge in [0, 0.05) is 36.6 Å². The first-order valence-electron chi connectivity index (χ1n) is 12.1. The summed E-state index contributed by atoms with van der Waals surface area (Å²) in [4.78, 5) is 35.8. The van der Waals surface area contributed by atoms with Gasteiger partial charge in [0.25, 0.3) is 5.56 Å². The zero-order valence-electron chi connectivity index (χ0n) is 19.6. The van der Waals surface area contributed by atoms with Crippen LogP contribution in [0.4, 0.5) is 11.4 Å². The lowest BCUT2D eigenvalue weighted by molar-refractivity contribution is 0.578. The molecule has 8 heteroatoms. The molecule has 5 aromatic rings. The van der Waals surface area contributed by atoms with E-state index >= 15 is 0 Å². The highest BCUT2D eigenvalue weighted by molar-refractivity contribution is 5.99. The molecule has 2 aromatic carbocycles. The Labute approximate surface area is 202 Å². The summed E-state index contributed by atoms with van der Waals surface area (Å²) >= 11 is 0. The quantitative estimate of drug-likeness (QED) is 0.337. The summed E-state index contributed by atoms with van der Waals surface area (Å²) in [7, 11) is 0. The highest BCUT2D eigenvalue weighted by Gasteiger charge is 2.21. The fourth-order valence-electron chi connectivity index (χ4n) is 4.90. The monoisotopic (exact) mass is 465 g/mol. The molecule has 3 aromatic heterocycles. The summed E-state index contributed by atoms with van der Waals surface area (Å²) in [5.74, 6) is 1.19. The Kier molecular flexibility index (Phi) is 5.41. The van der Waals surface area contributed by atoms with Crippen molar-refractivity contribution in [2.24, 2.45) is 0 Å². The summed E-state index contributed by atoms with van der Waals surface area (Å²) < 4.78 is 0. The van der Waals surface area contributed by atoms with Gasteiger partial charge < -0.3 is 20.2 Å². The van der Waals surface area contributed by atoms with Crippen LogP contribution in [0, 0.1) is 0 Å². The molecule has 0 radical (unpaired) electrons. The average Bonchev–Trinajstić information content (AvgIpc) is 3.32. The molecule has 0 aliphatic carbocycles. The molecule has 3 N–H and O–H groups in total. The highest BCUT2D eigenvalue weighted by Crippen LogP contribution is 2.33. The van der Waals surface area contributed by atoms with Crippen LogP contribution in [-0.4, -0.2) is 38.0 Å². The highest BCUT2D eigenvalue weighted by atomic mass is 16.1. The van der Waals surface area contributed by atoms with Crippen molar-refractivity contribution in [1.29, 1.82) is 0 Å². The molecule has 1 unspecified atom stereocenters. The zero-order valence-corrected chi connectivity index (χ0v) is 19.6. The van der Waals surface area contributed by atoms with E-state index in [1.165, 1.54) is 24.9 Å². The van der Waals surface area contributed by atoms with Gasteiger partial charge in [-0.15, -0.1) is 0 Å². The van der Waals surface area contributed by atoms with Crippen molar-refractivity contribution >= 4 is 33.3 Å². The second-order valence-corrected chi connectivity index (χ2v) is 9.06. The third-order valence-electron chi connectivity index (χ3n) is 6.68. The van der Waals surface area contributed by atoms with Crippen LogP contribution < -0.4 is 15.8 Å². The van der Waals surface area contributed by atoms with E-state index in [1.54, 1.807) is 18.5 Å². The Hall–Kier alpha value is -4.20. The molecule has 176 valence electrons. The summed E-state index contributed by atoms with van der Waals surface area (Å²) in [6.45, 7) is 4.13. The first kappa shape index (κ1) is 21.3. The molecule has 35 heavy (non-hydrogen) atoms. The predicted molar refractivity (Wildman–Crippen MR) is 140 cm³/mol. The van der Waals surface area contributed by atoms with Crippen LogP contribution in [0.2, 0.25) is 0 Å². The number of piperidine rings is 1. The zero-order chi connectivity index (χ0) is 23.8. The van der Waals surface area contributed by atoms with Crippen molar-refractivity contribution in [1.82, 2.24) is 24.9 Å². The van der Waals surface area contributed by atoms with Crippen LogP contribution >= 0.6 is 0 Å². The SMILES string of the molecule is CC(Nc1c(-c2nc3ccc(N4CCCCC4)cc3[nH]2)c(=O)[nH]c2ccccc12)c1ncccn1. The van der Waals surface area contributed by atoms with Gasteiger partial charge in [-0.2, -0.15) is 0 Å². The van der Waals surface area contributed by atoms with Crippen molar-refractivity contribution < 1.29 is 0 Å². The molecule has 1 saturated heterocycles. The van der Waals surface area contributed by atoms with Gasteiger partial charge in [-0.3, -0.25) is 4.79 Å². The third kappa shape index (κ3) is 4.01. The summed E-state index contributed by atoms with van der Waals surface area (Å²) in [5, 5.41) is 4.41. The van der Waals surface area contributed by atoms with Crippen molar-refractivity contribution in [3.05, 3.63) is 77.1 Å². The van der Waals surface area contributed by atoms with Crippen LogP contribution in [0.5, 0.6) is 0 Å². The number of imidazole rings is 1. The van der Waals surface area contributed by atoms with Gasteiger partial charge in [0.1, 0.15) is 17.2 Å². The van der Waals surface area contributed by atoms with Gasteiger partial charge in [0.2, 0.25) is 0 Å². The number of hydrogen-bond acceptors (Lipinski definition) is 6. The Balaban J connectivity index is 1.47. The maximum atomic E-state index is 13.4. The fourth-order valence-corrected chi connectivity index (χ4v) is 4.90. The van der Waals surface area contributed by atoms with Crippen LogP contribution in [0.25, 0.3) is 33.3 Å². The van der Waals surface area contributed by atoms with E-state index in [0.717, 1.165) is 35.0 Å². The minimum absolute atomic E-state index is 0.206. The minimum atomic E-state index is -0.213. The number of nitrogens with zero attached hydrogens (tertiary/aromatic N) is 4. The number of anilines is 2. The standard InChI is InChI=1S/C27H27N7O/c1-17(25-28-12-7-13-29-25)30-24-19-8-3-4-9-20(19)33-27(35)23(24)26-31-21-11-10-18(16-22(21)32-26)34-14-5-2-6-15-34/h3-4,7-13,16-17H,2,5-6,14-15H2,1H3,(H,31,32)(H2,30,33,35). The van der Waals surface area contributed by atoms with Crippen molar-refractivity contribution in [2.45, 2.75) is 32.2 Å². The predicted octanol–water partition coefficient (Wildman–Crippen LogP) is 5.02. The van der Waals surface area contributed by atoms with Gasteiger partial charge in [-0.05, 0) is 56.5 Å². The largest absolute Gasteiger partial charge is 0.374 e. The van der Waals surface area contributed by atoms with E-state index in [2.05, 4.69) is 42.3 Å². The number of aromatic amines is 2. The molecule has 0 saturated carbocycles. The van der Waals surface area contributed by atoms with Crippen LogP contribution in [-0.2, 0) is 0 Å². The Morgan fingerprint density at radius 3 is 2.57 bits per heavy atom. The van der Waals surface area contributed by atoms with Gasteiger partial charge in [0.15, 0.2) is 0 Å². The molecule has 1 aliphatic rings. The van der Waals surface area contributed by atoms with Crippen LogP contribution in [0.15, 0.2) is 65.7 Å². The van der Waals surface area contributed by atoms with Crippen molar-refractivity contribution in [2.75, 3.05) is 23.3 Å². The van der Waals surface area contributed by atoms with Gasteiger partial charge in [-0.25, -0.2) is 15.0 Å². The van der Waals surface area contributed by atoms with Crippen LogP contribution in [0.1, 0.15) is 38.1 Å². The van der Waals surface area contributed by atoms with E-state index in [1.807, 2.05) is 37.3 Å². The van der Waals surface area contributed by atoms with E-state index in [-0.39, 0.29) is 11.6 Å². The number of benzene rings is 2. The molecule has 0 amide bonds. The molecule has 6 rings (SSSR count). The van der Waals surface area contributed by atoms with E-state index in [4.69, 9.17) is 4.98 Å². The Morgan fingerprint density at radius 1 is 0.943 bits per heavy atom. The first-order valence-corrected chi connectivity index (χ1v) is 12.1. The fraction of sp³-hybridized carbons (Fsp3) is 0.259. The number of H-pyrrole nitrogens is 2. The number of para-hydroxylation sites is 1. The molecule has 1 aliphatic heterocycles. The summed E-state index contributed by atoms with van der Waals surface area (Å²) in [5.41, 5.74) is 4.67. The van der Waals surface area contributed by atoms with E-state index < -0.39 is 0 Å². The number of fused-ring (bicyclic) bond motifs is 2. The molecule has 8 nitrogen and oxygen atoms in total. The average molecular weight is 466 g/mol. The summed E-state index contributed by atoms with van der Waals surface area (Å²) in [6, 6.07) is 15.6. The van der Waals surface area contributed by atoms with Gasteiger partial charge >= 0.3 is 0 Å². The maximum absolute atomic E-state index is 13.4. The number of rotatable bonds is 5. The lowest BCUT2D eigenvalue weighted by Crippen LogP contribution is -2.29. The smallest absolute Gasteiger partial charge is 0.261 e. The molecule has 4 heterocycles. The molecule has 0 spiro atoms. The topological polar surface area (TPSA) is 103 Å². The Bertz CT molecular complexity index is 1550. The Morgan fingerprint density at radius 2 is 1.74 bits per heavy atom. The normalized spacial score (nSPS) is 14.9. The van der Waals surface area contributed by atoms with E-state index in [9.17, 15) is 4.79 Å². The molecule has 0 bridgehead atoms. The van der Waals surface area contributed by atoms with E-state index in [0.29, 0.717) is 22.9 Å². The van der Waals surface area contributed by atoms with Gasteiger partial charge in [0.05, 0.1) is 28.3 Å². The van der Waals surface area contributed by atoms with Crippen molar-refractivity contribution in [3.63, 3.8) is 0 Å². The van der Waals surface area contributed by atoms with Crippen LogP contribution in [0.3, 0.4) is 0 Å². The summed E-state index contributed by atoms with van der Waals surface area (Å²) in [6.07, 6.45) is 7.17. The second kappa shape index (κ2) is 8.87. The second-order valence-electron chi connectivity index (χ2n) is 9.06. The molecule has 1 fully saturated rings. The third-order valence-corrected chi connectivity index (χ3v) is 6.68. The number of aromatic nitrogens is 5.